The van der Waals surface area contributed by atoms with Crippen LogP contribution in [0.5, 0.6) is 5.75 Å². The van der Waals surface area contributed by atoms with Crippen molar-refractivity contribution in [3.05, 3.63) is 95.6 Å². The van der Waals surface area contributed by atoms with Crippen LogP contribution in [-0.4, -0.2) is 41.3 Å². The number of carbonyl (C=O) groups is 4. The molecule has 0 radical (unpaired) electrons. The Labute approximate surface area is 242 Å². The number of hydrogen-bond donors (Lipinski definition) is 2. The second-order valence-electron chi connectivity index (χ2n) is 10.7. The highest BCUT2D eigenvalue weighted by Crippen LogP contribution is 2.46. The SMILES string of the molecule is CC(C)C[C@@H](NC(=O)COc1ccc(C2C(CCC(=O)c3ccc(F)cc3)C(=O)N2c2ccc(F)cc2)cc1)C(=O)O. The molecule has 8 nitrogen and oxygen atoms in total. The van der Waals surface area contributed by atoms with E-state index in [-0.39, 0.29) is 43.5 Å². The molecule has 1 saturated heterocycles. The number of ether oxygens (including phenoxy) is 1. The van der Waals surface area contributed by atoms with Gasteiger partial charge in [-0.3, -0.25) is 14.4 Å². The number of carboxylic acids is 1. The first-order chi connectivity index (χ1) is 20.0. The van der Waals surface area contributed by atoms with Gasteiger partial charge in [0.15, 0.2) is 12.4 Å². The Hall–Kier alpha value is -4.60. The predicted octanol–water partition coefficient (Wildman–Crippen LogP) is 5.33. The zero-order valence-corrected chi connectivity index (χ0v) is 23.3. The molecule has 2 N–H and O–H groups in total. The van der Waals surface area contributed by atoms with Crippen LogP contribution in [0.3, 0.4) is 0 Å². The molecular weight excluding hydrogens is 546 g/mol. The zero-order valence-electron chi connectivity index (χ0n) is 23.3. The average Bonchev–Trinajstić information content (AvgIpc) is 2.95. The van der Waals surface area contributed by atoms with E-state index >= 15 is 0 Å². The second kappa shape index (κ2) is 13.4. The van der Waals surface area contributed by atoms with E-state index in [9.17, 15) is 33.1 Å². The summed E-state index contributed by atoms with van der Waals surface area (Å²) < 4.78 is 32.4. The van der Waals surface area contributed by atoms with E-state index in [0.29, 0.717) is 17.0 Å². The molecule has 3 atom stereocenters. The van der Waals surface area contributed by atoms with Gasteiger partial charge in [-0.2, -0.15) is 0 Å². The number of β-lactam (4-membered cyclic amide) rings is 1. The average molecular weight is 579 g/mol. The van der Waals surface area contributed by atoms with Crippen molar-refractivity contribution in [2.45, 2.75) is 45.2 Å². The Balaban J connectivity index is 1.45. The molecule has 1 heterocycles. The van der Waals surface area contributed by atoms with E-state index in [4.69, 9.17) is 4.74 Å². The fraction of sp³-hybridized carbons (Fsp3) is 0.312. The number of ketones is 1. The van der Waals surface area contributed by atoms with Crippen LogP contribution in [0.4, 0.5) is 14.5 Å². The largest absolute Gasteiger partial charge is 0.484 e. The molecule has 0 spiro atoms. The third-order valence-corrected chi connectivity index (χ3v) is 7.10. The lowest BCUT2D eigenvalue weighted by molar-refractivity contribution is -0.142. The molecule has 42 heavy (non-hydrogen) atoms. The lowest BCUT2D eigenvalue weighted by atomic mass is 9.78. The summed E-state index contributed by atoms with van der Waals surface area (Å²) in [5, 5.41) is 11.8. The molecule has 1 aliphatic rings. The van der Waals surface area contributed by atoms with Crippen LogP contribution in [0.1, 0.15) is 55.1 Å². The number of rotatable bonds is 13. The van der Waals surface area contributed by atoms with Crippen molar-refractivity contribution in [3.8, 4) is 5.75 Å². The van der Waals surface area contributed by atoms with Gasteiger partial charge in [-0.1, -0.05) is 26.0 Å². The molecular formula is C32H32F2N2O6. The quantitative estimate of drug-likeness (QED) is 0.210. The summed E-state index contributed by atoms with van der Waals surface area (Å²) in [5.74, 6) is -3.04. The molecule has 1 aliphatic heterocycles. The molecule has 220 valence electrons. The van der Waals surface area contributed by atoms with Gasteiger partial charge in [0.1, 0.15) is 23.4 Å². The van der Waals surface area contributed by atoms with Gasteiger partial charge in [0.2, 0.25) is 5.91 Å². The fourth-order valence-electron chi connectivity index (χ4n) is 5.01. The number of anilines is 1. The molecule has 1 fully saturated rings. The molecule has 3 aromatic carbocycles. The van der Waals surface area contributed by atoms with E-state index in [1.807, 2.05) is 13.8 Å². The lowest BCUT2D eigenvalue weighted by Crippen LogP contribution is -2.55. The van der Waals surface area contributed by atoms with E-state index in [0.717, 1.165) is 5.56 Å². The number of aliphatic carboxylic acids is 1. The summed E-state index contributed by atoms with van der Waals surface area (Å²) >= 11 is 0. The molecule has 10 heteroatoms. The van der Waals surface area contributed by atoms with Gasteiger partial charge in [0.25, 0.3) is 5.91 Å². The van der Waals surface area contributed by atoms with Crippen molar-refractivity contribution < 1.29 is 37.8 Å². The first-order valence-electron chi connectivity index (χ1n) is 13.7. The minimum atomic E-state index is -1.11. The number of carboxylic acid groups (broad SMARTS) is 1. The summed E-state index contributed by atoms with van der Waals surface area (Å²) in [6, 6.07) is 16.1. The third-order valence-electron chi connectivity index (χ3n) is 7.10. The lowest BCUT2D eigenvalue weighted by Gasteiger charge is -2.47. The van der Waals surface area contributed by atoms with Gasteiger partial charge < -0.3 is 20.1 Å². The maximum Gasteiger partial charge on any atom is 0.326 e. The minimum absolute atomic E-state index is 0.0811. The van der Waals surface area contributed by atoms with E-state index in [1.54, 1.807) is 29.2 Å². The van der Waals surface area contributed by atoms with E-state index in [2.05, 4.69) is 5.32 Å². The summed E-state index contributed by atoms with van der Waals surface area (Å²) in [5.41, 5.74) is 1.62. The number of Topliss-reactive ketones (excluding diaryl/α,β-unsaturated/α-hetero) is 1. The van der Waals surface area contributed by atoms with Crippen molar-refractivity contribution in [1.29, 1.82) is 0 Å². The van der Waals surface area contributed by atoms with Crippen LogP contribution in [0, 0.1) is 23.5 Å². The Kier molecular flexibility index (Phi) is 9.67. The smallest absolute Gasteiger partial charge is 0.326 e. The number of nitrogens with zero attached hydrogens (tertiary/aromatic N) is 1. The van der Waals surface area contributed by atoms with Crippen molar-refractivity contribution in [1.82, 2.24) is 5.32 Å². The zero-order chi connectivity index (χ0) is 30.4. The molecule has 4 rings (SSSR count). The highest BCUT2D eigenvalue weighted by atomic mass is 19.1. The molecule has 2 amide bonds. The predicted molar refractivity (Wildman–Crippen MR) is 151 cm³/mol. The van der Waals surface area contributed by atoms with Crippen molar-refractivity contribution >= 4 is 29.3 Å². The van der Waals surface area contributed by atoms with Crippen LogP contribution in [0.25, 0.3) is 0 Å². The van der Waals surface area contributed by atoms with Crippen LogP contribution >= 0.6 is 0 Å². The van der Waals surface area contributed by atoms with Gasteiger partial charge in [-0.15, -0.1) is 0 Å². The van der Waals surface area contributed by atoms with Crippen LogP contribution < -0.4 is 15.0 Å². The number of hydrogen-bond acceptors (Lipinski definition) is 5. The highest BCUT2D eigenvalue weighted by Gasteiger charge is 2.48. The standard InChI is InChI=1S/C32H32F2N2O6/c1-19(2)17-27(32(40)41)35-29(38)18-42-25-13-5-21(6-14-25)30-26(15-16-28(37)20-3-7-22(33)8-4-20)31(39)36(30)24-11-9-23(34)10-12-24/h3-14,19,26-27,30H,15-18H2,1-2H3,(H,35,38)(H,40,41)/t26?,27-,30?/m1/s1. The Morgan fingerprint density at radius 3 is 2.10 bits per heavy atom. The Morgan fingerprint density at radius 1 is 0.929 bits per heavy atom. The molecule has 2 unspecified atom stereocenters. The summed E-state index contributed by atoms with van der Waals surface area (Å²) in [7, 11) is 0. The second-order valence-corrected chi connectivity index (χ2v) is 10.7. The number of halogens is 2. The molecule has 3 aromatic rings. The summed E-state index contributed by atoms with van der Waals surface area (Å²) in [6.07, 6.45) is 0.633. The van der Waals surface area contributed by atoms with Crippen LogP contribution in [0.15, 0.2) is 72.8 Å². The summed E-state index contributed by atoms with van der Waals surface area (Å²) in [4.78, 5) is 51.2. The topological polar surface area (TPSA) is 113 Å². The van der Waals surface area contributed by atoms with E-state index in [1.165, 1.54) is 48.5 Å². The monoisotopic (exact) mass is 578 g/mol. The van der Waals surface area contributed by atoms with E-state index < -0.39 is 41.5 Å². The minimum Gasteiger partial charge on any atom is -0.484 e. The van der Waals surface area contributed by atoms with Crippen molar-refractivity contribution in [2.75, 3.05) is 11.5 Å². The normalized spacial score (nSPS) is 17.0. The third kappa shape index (κ3) is 7.37. The number of carbonyl (C=O) groups excluding carboxylic acids is 3. The maximum atomic E-state index is 13.6. The number of nitrogens with one attached hydrogen (secondary N) is 1. The van der Waals surface area contributed by atoms with Gasteiger partial charge >= 0.3 is 5.97 Å². The first kappa shape index (κ1) is 30.4. The number of amides is 2. The highest BCUT2D eigenvalue weighted by molar-refractivity contribution is 6.04. The van der Waals surface area contributed by atoms with Gasteiger partial charge in [-0.05, 0) is 85.0 Å². The van der Waals surface area contributed by atoms with Gasteiger partial charge in [0.05, 0.1) is 12.0 Å². The molecule has 0 bridgehead atoms. The Bertz CT molecular complexity index is 1420. The van der Waals surface area contributed by atoms with Gasteiger partial charge in [0, 0.05) is 17.7 Å². The van der Waals surface area contributed by atoms with Crippen molar-refractivity contribution in [2.24, 2.45) is 11.8 Å². The van der Waals surface area contributed by atoms with Crippen LogP contribution in [-0.2, 0) is 14.4 Å². The van der Waals surface area contributed by atoms with Gasteiger partial charge in [-0.25, -0.2) is 13.6 Å². The Morgan fingerprint density at radius 2 is 1.52 bits per heavy atom. The molecule has 0 saturated carbocycles. The maximum absolute atomic E-state index is 13.6. The van der Waals surface area contributed by atoms with Crippen molar-refractivity contribution in [3.63, 3.8) is 0 Å². The molecule has 0 aromatic heterocycles. The van der Waals surface area contributed by atoms with Crippen LogP contribution in [0.2, 0.25) is 0 Å². The summed E-state index contributed by atoms with van der Waals surface area (Å²) in [6.45, 7) is 3.35. The fourth-order valence-corrected chi connectivity index (χ4v) is 5.01. The molecule has 0 aliphatic carbocycles. The number of benzene rings is 3. The first-order valence-corrected chi connectivity index (χ1v) is 13.7.